The van der Waals surface area contributed by atoms with E-state index in [0.29, 0.717) is 18.7 Å². The highest BCUT2D eigenvalue weighted by molar-refractivity contribution is 5.94. The number of rotatable bonds is 8. The van der Waals surface area contributed by atoms with Crippen molar-refractivity contribution < 1.29 is 4.79 Å². The first kappa shape index (κ1) is 19.0. The van der Waals surface area contributed by atoms with Crippen molar-refractivity contribution in [3.8, 4) is 0 Å². The number of benzene rings is 1. The molecule has 0 fully saturated rings. The van der Waals surface area contributed by atoms with Crippen LogP contribution in [0.3, 0.4) is 0 Å². The number of hydrogen-bond donors (Lipinski definition) is 3. The Bertz CT molecular complexity index is 494. The first-order valence-corrected chi connectivity index (χ1v) is 8.38. The average molecular weight is 318 g/mol. The van der Waals surface area contributed by atoms with Gasteiger partial charge in [0.1, 0.15) is 0 Å². The summed E-state index contributed by atoms with van der Waals surface area (Å²) in [5, 5.41) is 9.40. The predicted octanol–water partition coefficient (Wildman–Crippen LogP) is 2.54. The van der Waals surface area contributed by atoms with E-state index >= 15 is 0 Å². The van der Waals surface area contributed by atoms with Gasteiger partial charge in [-0.05, 0) is 43.4 Å². The summed E-state index contributed by atoms with van der Waals surface area (Å²) in [6.07, 6.45) is 2.35. The van der Waals surface area contributed by atoms with E-state index in [2.05, 4.69) is 34.8 Å². The molecule has 5 heteroatoms. The zero-order valence-corrected chi connectivity index (χ0v) is 14.8. The Labute approximate surface area is 140 Å². The van der Waals surface area contributed by atoms with Crippen molar-refractivity contribution in [2.75, 3.05) is 20.1 Å². The van der Waals surface area contributed by atoms with E-state index in [9.17, 15) is 4.79 Å². The van der Waals surface area contributed by atoms with Gasteiger partial charge in [0.15, 0.2) is 5.96 Å². The molecule has 0 spiro atoms. The minimum absolute atomic E-state index is 0.0327. The zero-order chi connectivity index (χ0) is 17.1. The van der Waals surface area contributed by atoms with Crippen molar-refractivity contribution in [3.63, 3.8) is 0 Å². The minimum atomic E-state index is -0.0327. The number of nitrogens with zero attached hydrogens (tertiary/aromatic N) is 1. The quantitative estimate of drug-likeness (QED) is 0.392. The minimum Gasteiger partial charge on any atom is -0.356 e. The summed E-state index contributed by atoms with van der Waals surface area (Å²) in [4.78, 5) is 15.9. The molecular weight excluding hydrogens is 288 g/mol. The molecule has 23 heavy (non-hydrogen) atoms. The molecule has 1 aromatic rings. The van der Waals surface area contributed by atoms with Gasteiger partial charge in [-0.25, -0.2) is 0 Å². The van der Waals surface area contributed by atoms with E-state index in [4.69, 9.17) is 0 Å². The Morgan fingerprint density at radius 2 is 1.83 bits per heavy atom. The van der Waals surface area contributed by atoms with Gasteiger partial charge >= 0.3 is 0 Å². The predicted molar refractivity (Wildman–Crippen MR) is 96.7 cm³/mol. The van der Waals surface area contributed by atoms with E-state index < -0.39 is 0 Å². The van der Waals surface area contributed by atoms with Crippen LogP contribution in [0.2, 0.25) is 0 Å². The number of hydrogen-bond acceptors (Lipinski definition) is 2. The van der Waals surface area contributed by atoms with Crippen molar-refractivity contribution in [2.45, 2.75) is 40.2 Å². The average Bonchev–Trinajstić information content (AvgIpc) is 2.54. The standard InChI is InChI=1S/C18H30N4O/c1-5-20-17(23)16-10-8-15(9-11-16)13-22-18(19-4)21-12-6-7-14(2)3/h8-11,14H,5-7,12-13H2,1-4H3,(H,20,23)(H2,19,21,22). The summed E-state index contributed by atoms with van der Waals surface area (Å²) >= 11 is 0. The van der Waals surface area contributed by atoms with Crippen molar-refractivity contribution in [1.29, 1.82) is 0 Å². The number of carbonyl (C=O) groups is 1. The maximum atomic E-state index is 11.7. The second-order valence-corrected chi connectivity index (χ2v) is 5.94. The lowest BCUT2D eigenvalue weighted by Crippen LogP contribution is -2.37. The van der Waals surface area contributed by atoms with E-state index in [0.717, 1.165) is 30.4 Å². The van der Waals surface area contributed by atoms with Gasteiger partial charge in [-0.3, -0.25) is 9.79 Å². The molecule has 0 saturated carbocycles. The number of aliphatic imine (C=N–C) groups is 1. The van der Waals surface area contributed by atoms with Crippen LogP contribution in [0.5, 0.6) is 0 Å². The van der Waals surface area contributed by atoms with Gasteiger partial charge < -0.3 is 16.0 Å². The second kappa shape index (κ2) is 10.6. The smallest absolute Gasteiger partial charge is 0.251 e. The molecule has 5 nitrogen and oxygen atoms in total. The molecule has 0 saturated heterocycles. The Kier molecular flexibility index (Phi) is 8.80. The third kappa shape index (κ3) is 7.68. The van der Waals surface area contributed by atoms with Crippen LogP contribution in [0.25, 0.3) is 0 Å². The van der Waals surface area contributed by atoms with Crippen molar-refractivity contribution in [2.24, 2.45) is 10.9 Å². The van der Waals surface area contributed by atoms with Crippen molar-refractivity contribution >= 4 is 11.9 Å². The molecule has 0 radical (unpaired) electrons. The van der Waals surface area contributed by atoms with Crippen LogP contribution in [-0.4, -0.2) is 32.0 Å². The highest BCUT2D eigenvalue weighted by Crippen LogP contribution is 2.04. The maximum absolute atomic E-state index is 11.7. The first-order valence-electron chi connectivity index (χ1n) is 8.38. The van der Waals surface area contributed by atoms with E-state index in [1.807, 2.05) is 31.2 Å². The third-order valence-corrected chi connectivity index (χ3v) is 3.49. The van der Waals surface area contributed by atoms with E-state index in [1.165, 1.54) is 6.42 Å². The summed E-state index contributed by atoms with van der Waals surface area (Å²) in [7, 11) is 1.77. The molecule has 0 aliphatic rings. The van der Waals surface area contributed by atoms with Gasteiger partial charge in [-0.2, -0.15) is 0 Å². The van der Waals surface area contributed by atoms with Crippen LogP contribution >= 0.6 is 0 Å². The van der Waals surface area contributed by atoms with E-state index in [-0.39, 0.29) is 5.91 Å². The normalized spacial score (nSPS) is 11.4. The van der Waals surface area contributed by atoms with Crippen LogP contribution in [0, 0.1) is 5.92 Å². The summed E-state index contributed by atoms with van der Waals surface area (Å²) < 4.78 is 0. The van der Waals surface area contributed by atoms with Gasteiger partial charge in [0.25, 0.3) is 5.91 Å². The lowest BCUT2D eigenvalue weighted by Gasteiger charge is -2.12. The molecular formula is C18H30N4O. The van der Waals surface area contributed by atoms with Gasteiger partial charge in [-0.15, -0.1) is 0 Å². The molecule has 1 rings (SSSR count). The molecule has 128 valence electrons. The fraction of sp³-hybridized carbons (Fsp3) is 0.556. The Balaban J connectivity index is 2.39. The van der Waals surface area contributed by atoms with E-state index in [1.54, 1.807) is 7.05 Å². The highest BCUT2D eigenvalue weighted by Gasteiger charge is 2.04. The van der Waals surface area contributed by atoms with Crippen LogP contribution in [0.1, 0.15) is 49.5 Å². The third-order valence-electron chi connectivity index (χ3n) is 3.49. The fourth-order valence-corrected chi connectivity index (χ4v) is 2.16. The van der Waals surface area contributed by atoms with Crippen LogP contribution in [0.15, 0.2) is 29.3 Å². The fourth-order valence-electron chi connectivity index (χ4n) is 2.16. The molecule has 0 unspecified atom stereocenters. The number of amides is 1. The van der Waals surface area contributed by atoms with Crippen molar-refractivity contribution in [3.05, 3.63) is 35.4 Å². The molecule has 1 aromatic carbocycles. The lowest BCUT2D eigenvalue weighted by molar-refractivity contribution is 0.0956. The Morgan fingerprint density at radius 1 is 1.13 bits per heavy atom. The molecule has 3 N–H and O–H groups in total. The zero-order valence-electron chi connectivity index (χ0n) is 14.8. The molecule has 0 aliphatic heterocycles. The second-order valence-electron chi connectivity index (χ2n) is 5.94. The van der Waals surface area contributed by atoms with Gasteiger partial charge in [0, 0.05) is 32.2 Å². The van der Waals surface area contributed by atoms with Gasteiger partial charge in [0.2, 0.25) is 0 Å². The molecule has 0 aromatic heterocycles. The number of nitrogens with one attached hydrogen (secondary N) is 3. The van der Waals surface area contributed by atoms with Crippen molar-refractivity contribution in [1.82, 2.24) is 16.0 Å². The SMILES string of the molecule is CCNC(=O)c1ccc(CNC(=NC)NCCCC(C)C)cc1. The Morgan fingerprint density at radius 3 is 2.39 bits per heavy atom. The first-order chi connectivity index (χ1) is 11.1. The van der Waals surface area contributed by atoms with Gasteiger partial charge in [-0.1, -0.05) is 26.0 Å². The molecule has 0 aliphatic carbocycles. The summed E-state index contributed by atoms with van der Waals surface area (Å²) in [5.74, 6) is 1.51. The monoisotopic (exact) mass is 318 g/mol. The molecule has 0 atom stereocenters. The molecule has 1 amide bonds. The highest BCUT2D eigenvalue weighted by atomic mass is 16.1. The van der Waals surface area contributed by atoms with Crippen LogP contribution < -0.4 is 16.0 Å². The lowest BCUT2D eigenvalue weighted by atomic mass is 10.1. The summed E-state index contributed by atoms with van der Waals surface area (Å²) in [6, 6.07) is 7.62. The largest absolute Gasteiger partial charge is 0.356 e. The maximum Gasteiger partial charge on any atom is 0.251 e. The summed E-state index contributed by atoms with van der Waals surface area (Å²) in [5.41, 5.74) is 1.80. The summed E-state index contributed by atoms with van der Waals surface area (Å²) in [6.45, 7) is 8.62. The molecule has 0 bridgehead atoms. The topological polar surface area (TPSA) is 65.5 Å². The van der Waals surface area contributed by atoms with Crippen LogP contribution in [-0.2, 0) is 6.54 Å². The number of carbonyl (C=O) groups excluding carboxylic acids is 1. The Hall–Kier alpha value is -2.04. The molecule has 0 heterocycles. The number of guanidine groups is 1. The van der Waals surface area contributed by atoms with Gasteiger partial charge in [0.05, 0.1) is 0 Å². The van der Waals surface area contributed by atoms with Crippen LogP contribution in [0.4, 0.5) is 0 Å².